The first-order valence-electron chi connectivity index (χ1n) is 9.18. The summed E-state index contributed by atoms with van der Waals surface area (Å²) in [5.41, 5.74) is 4.10. The van der Waals surface area contributed by atoms with E-state index >= 15 is 0 Å². The average molecular weight is 426 g/mol. The number of hydrogen-bond acceptors (Lipinski definition) is 7. The van der Waals surface area contributed by atoms with Crippen LogP contribution < -0.4 is 15.0 Å². The minimum Gasteiger partial charge on any atom is -0.493 e. The lowest BCUT2D eigenvalue weighted by atomic mass is 10.1. The van der Waals surface area contributed by atoms with Crippen molar-refractivity contribution in [2.45, 2.75) is 13.3 Å². The lowest BCUT2D eigenvalue weighted by Gasteiger charge is -2.16. The molecule has 0 fully saturated rings. The van der Waals surface area contributed by atoms with Crippen molar-refractivity contribution >= 4 is 34.7 Å². The van der Waals surface area contributed by atoms with Crippen molar-refractivity contribution < 1.29 is 19.4 Å². The Morgan fingerprint density at radius 2 is 1.97 bits per heavy atom. The summed E-state index contributed by atoms with van der Waals surface area (Å²) in [5.74, 6) is -0.585. The number of carbonyl (C=O) groups is 2. The topological polar surface area (TPSA) is 105 Å². The van der Waals surface area contributed by atoms with Crippen LogP contribution in [0, 0.1) is 6.92 Å². The summed E-state index contributed by atoms with van der Waals surface area (Å²) >= 11 is 1.60. The summed E-state index contributed by atoms with van der Waals surface area (Å²) in [4.78, 5) is 34.9. The van der Waals surface area contributed by atoms with E-state index in [0.717, 1.165) is 17.8 Å². The van der Waals surface area contributed by atoms with Crippen molar-refractivity contribution in [1.82, 2.24) is 9.97 Å². The molecule has 0 radical (unpaired) electrons. The Hall–Kier alpha value is -3.46. The van der Waals surface area contributed by atoms with Crippen molar-refractivity contribution in [1.29, 1.82) is 0 Å². The number of aryl methyl sites for hydroxylation is 1. The van der Waals surface area contributed by atoms with Crippen molar-refractivity contribution in [2.24, 2.45) is 0 Å². The predicted octanol–water partition coefficient (Wildman–Crippen LogP) is 3.48. The lowest BCUT2D eigenvalue weighted by molar-refractivity contribution is 0.0696. The number of nitrogens with zero attached hydrogens (tertiary/aromatic N) is 3. The summed E-state index contributed by atoms with van der Waals surface area (Å²) in [6.45, 7) is 2.44. The maximum Gasteiger partial charge on any atom is 0.337 e. The molecule has 1 aromatic carbocycles. The number of benzene rings is 1. The molecule has 30 heavy (non-hydrogen) atoms. The molecule has 8 nitrogen and oxygen atoms in total. The molecule has 1 amide bonds. The molecule has 156 valence electrons. The predicted molar refractivity (Wildman–Crippen MR) is 116 cm³/mol. The van der Waals surface area contributed by atoms with Crippen LogP contribution in [0.25, 0.3) is 0 Å². The minimum atomic E-state index is -1.07. The largest absolute Gasteiger partial charge is 0.493 e. The van der Waals surface area contributed by atoms with Crippen LogP contribution in [0.2, 0.25) is 0 Å². The molecule has 3 rings (SSSR count). The monoisotopic (exact) mass is 426 g/mol. The molecule has 0 unspecified atom stereocenters. The van der Waals surface area contributed by atoms with Gasteiger partial charge in [0.25, 0.3) is 5.91 Å². The summed E-state index contributed by atoms with van der Waals surface area (Å²) in [6.07, 6.45) is 1.94. The van der Waals surface area contributed by atoms with Crippen molar-refractivity contribution in [3.05, 3.63) is 63.7 Å². The van der Waals surface area contributed by atoms with Crippen LogP contribution in [0.5, 0.6) is 5.75 Å². The number of anilines is 2. The number of nitrogens with one attached hydrogen (secondary N) is 1. The molecule has 2 aromatic heterocycles. The fourth-order valence-electron chi connectivity index (χ4n) is 2.67. The van der Waals surface area contributed by atoms with E-state index in [2.05, 4.69) is 15.3 Å². The Balaban J connectivity index is 1.73. The zero-order valence-corrected chi connectivity index (χ0v) is 17.7. The molecule has 0 aliphatic rings. The van der Waals surface area contributed by atoms with Gasteiger partial charge in [0.1, 0.15) is 11.6 Å². The summed E-state index contributed by atoms with van der Waals surface area (Å²) < 4.78 is 5.90. The third-order valence-electron chi connectivity index (χ3n) is 4.36. The van der Waals surface area contributed by atoms with Gasteiger partial charge in [0.05, 0.1) is 23.4 Å². The second-order valence-corrected chi connectivity index (χ2v) is 7.70. The second kappa shape index (κ2) is 9.36. The number of hydrogen-bond donors (Lipinski definition) is 2. The molecule has 0 saturated heterocycles. The highest BCUT2D eigenvalue weighted by molar-refractivity contribution is 7.09. The van der Waals surface area contributed by atoms with E-state index in [-0.39, 0.29) is 17.3 Å². The van der Waals surface area contributed by atoms with E-state index in [1.54, 1.807) is 23.5 Å². The molecule has 3 aromatic rings. The first-order chi connectivity index (χ1) is 14.3. The van der Waals surface area contributed by atoms with Crippen molar-refractivity contribution in [3.8, 4) is 5.75 Å². The average Bonchev–Trinajstić information content (AvgIpc) is 3.13. The van der Waals surface area contributed by atoms with E-state index in [9.17, 15) is 9.59 Å². The number of aromatic nitrogens is 2. The molecule has 2 heterocycles. The van der Waals surface area contributed by atoms with Crippen molar-refractivity contribution in [3.63, 3.8) is 0 Å². The van der Waals surface area contributed by atoms with Crippen LogP contribution in [0.15, 0.2) is 42.0 Å². The molecule has 0 saturated carbocycles. The molecule has 0 aliphatic carbocycles. The van der Waals surface area contributed by atoms with Crippen LogP contribution in [-0.4, -0.2) is 47.7 Å². The molecule has 2 N–H and O–H groups in total. The van der Waals surface area contributed by atoms with Gasteiger partial charge in [0, 0.05) is 48.9 Å². The summed E-state index contributed by atoms with van der Waals surface area (Å²) in [5, 5.41) is 11.6. The number of aromatic carboxylic acids is 1. The number of rotatable bonds is 8. The number of carbonyl (C=O) groups excluding carboxylic acids is 1. The summed E-state index contributed by atoms with van der Waals surface area (Å²) in [6, 6.07) is 8.13. The van der Waals surface area contributed by atoms with E-state index in [0.29, 0.717) is 17.9 Å². The van der Waals surface area contributed by atoms with Crippen LogP contribution in [-0.2, 0) is 6.42 Å². The van der Waals surface area contributed by atoms with Gasteiger partial charge in [-0.25, -0.2) is 14.8 Å². The molecule has 0 aliphatic heterocycles. The Labute approximate surface area is 178 Å². The summed E-state index contributed by atoms with van der Waals surface area (Å²) in [7, 11) is 3.77. The second-order valence-electron chi connectivity index (χ2n) is 6.76. The molecule has 9 heteroatoms. The first kappa shape index (κ1) is 21.3. The fourth-order valence-corrected chi connectivity index (χ4v) is 3.43. The number of ether oxygens (including phenoxy) is 1. The number of carboxylic acids is 1. The Morgan fingerprint density at radius 3 is 2.57 bits per heavy atom. The SMILES string of the molecule is Cc1ncsc1CCOc1cc(C(=O)Nc2ccc(C(=O)O)cn2)cc(N(C)C)c1. The minimum absolute atomic E-state index is 0.0504. The van der Waals surface area contributed by atoms with Crippen LogP contribution in [0.4, 0.5) is 11.5 Å². The Morgan fingerprint density at radius 1 is 1.17 bits per heavy atom. The Bertz CT molecular complexity index is 1050. The lowest BCUT2D eigenvalue weighted by Crippen LogP contribution is -2.16. The van der Waals surface area contributed by atoms with Gasteiger partial charge in [-0.3, -0.25) is 4.79 Å². The Kier molecular flexibility index (Phi) is 6.63. The number of amides is 1. The quantitative estimate of drug-likeness (QED) is 0.568. The molecule has 0 atom stereocenters. The van der Waals surface area contributed by atoms with Crippen LogP contribution in [0.1, 0.15) is 31.3 Å². The third-order valence-corrected chi connectivity index (χ3v) is 5.36. The van der Waals surface area contributed by atoms with E-state index in [4.69, 9.17) is 9.84 Å². The first-order valence-corrected chi connectivity index (χ1v) is 10.1. The molecule has 0 spiro atoms. The highest BCUT2D eigenvalue weighted by Gasteiger charge is 2.13. The van der Waals surface area contributed by atoms with Crippen molar-refractivity contribution in [2.75, 3.05) is 30.9 Å². The van der Waals surface area contributed by atoms with Gasteiger partial charge in [-0.1, -0.05) is 0 Å². The van der Waals surface area contributed by atoms with E-state index < -0.39 is 5.97 Å². The number of thiazole rings is 1. The van der Waals surface area contributed by atoms with Gasteiger partial charge in [-0.15, -0.1) is 11.3 Å². The van der Waals surface area contributed by atoms with Gasteiger partial charge in [0.2, 0.25) is 0 Å². The maximum absolute atomic E-state index is 12.7. The molecular weight excluding hydrogens is 404 g/mol. The molecule has 0 bridgehead atoms. The maximum atomic E-state index is 12.7. The van der Waals surface area contributed by atoms with Gasteiger partial charge >= 0.3 is 5.97 Å². The zero-order valence-electron chi connectivity index (χ0n) is 16.9. The van der Waals surface area contributed by atoms with Crippen LogP contribution in [0.3, 0.4) is 0 Å². The number of pyridine rings is 1. The third kappa shape index (κ3) is 5.32. The standard InChI is InChI=1S/C21H22N4O4S/c1-13-18(30-12-23-13)6-7-29-17-9-15(8-16(10-17)25(2)3)20(26)24-19-5-4-14(11-22-19)21(27)28/h4-5,8-12H,6-7H2,1-3H3,(H,27,28)(H,22,24,26). The fraction of sp³-hybridized carbons (Fsp3) is 0.238. The van der Waals surface area contributed by atoms with Gasteiger partial charge in [0.15, 0.2) is 0 Å². The van der Waals surface area contributed by atoms with E-state index in [1.807, 2.05) is 37.5 Å². The molecular formula is C21H22N4O4S. The van der Waals surface area contributed by atoms with Gasteiger partial charge < -0.3 is 20.1 Å². The smallest absolute Gasteiger partial charge is 0.337 e. The normalized spacial score (nSPS) is 10.5. The highest BCUT2D eigenvalue weighted by atomic mass is 32.1. The van der Waals surface area contributed by atoms with E-state index in [1.165, 1.54) is 23.2 Å². The van der Waals surface area contributed by atoms with Crippen LogP contribution >= 0.6 is 11.3 Å². The zero-order chi connectivity index (χ0) is 21.7. The van der Waals surface area contributed by atoms with Gasteiger partial charge in [-0.2, -0.15) is 0 Å². The van der Waals surface area contributed by atoms with Gasteiger partial charge in [-0.05, 0) is 31.2 Å². The number of carboxylic acid groups (broad SMARTS) is 1. The highest BCUT2D eigenvalue weighted by Crippen LogP contribution is 2.24.